The van der Waals surface area contributed by atoms with Crippen LogP contribution in [0.2, 0.25) is 0 Å². The van der Waals surface area contributed by atoms with E-state index in [-0.39, 0.29) is 5.91 Å². The summed E-state index contributed by atoms with van der Waals surface area (Å²) in [4.78, 5) is 12.0. The maximum Gasteiger partial charge on any atom is 0.258 e. The Kier molecular flexibility index (Phi) is 3.28. The number of rotatable bonds is 2. The molecule has 0 atom stereocenters. The van der Waals surface area contributed by atoms with E-state index in [1.807, 2.05) is 19.1 Å². The van der Waals surface area contributed by atoms with E-state index in [0.717, 1.165) is 10.0 Å². The van der Waals surface area contributed by atoms with Gasteiger partial charge in [0.05, 0.1) is 5.56 Å². The van der Waals surface area contributed by atoms with Crippen LogP contribution in [0.25, 0.3) is 0 Å². The van der Waals surface area contributed by atoms with Gasteiger partial charge in [-0.05, 0) is 41.4 Å². The van der Waals surface area contributed by atoms with Gasteiger partial charge >= 0.3 is 0 Å². The first kappa shape index (κ1) is 11.9. The third kappa shape index (κ3) is 2.55. The number of aromatic nitrogens is 1. The molecule has 0 fully saturated rings. The first-order valence-corrected chi connectivity index (χ1v) is 5.87. The number of nitrogens with one attached hydrogen (secondary N) is 1. The third-order valence-electron chi connectivity index (χ3n) is 2.31. The number of carbonyl (C=O) groups is 1. The molecule has 0 aliphatic heterocycles. The molecule has 0 saturated heterocycles. The van der Waals surface area contributed by atoms with Crippen LogP contribution in [0.1, 0.15) is 21.7 Å². The summed E-state index contributed by atoms with van der Waals surface area (Å²) in [5, 5.41) is 6.38. The first-order chi connectivity index (χ1) is 8.08. The molecule has 2 rings (SSSR count). The Balaban J connectivity index is 2.23. The van der Waals surface area contributed by atoms with E-state index in [1.165, 1.54) is 0 Å². The summed E-state index contributed by atoms with van der Waals surface area (Å²) in [6.45, 7) is 3.70. The molecule has 17 heavy (non-hydrogen) atoms. The average molecular weight is 295 g/mol. The Bertz CT molecular complexity index is 563. The highest BCUT2D eigenvalue weighted by atomic mass is 79.9. The summed E-state index contributed by atoms with van der Waals surface area (Å²) in [6, 6.07) is 7.19. The number of benzene rings is 1. The lowest BCUT2D eigenvalue weighted by Gasteiger charge is -2.05. The van der Waals surface area contributed by atoms with Crippen molar-refractivity contribution in [3.8, 4) is 0 Å². The van der Waals surface area contributed by atoms with Gasteiger partial charge in [0.25, 0.3) is 5.91 Å². The molecule has 1 aromatic carbocycles. The van der Waals surface area contributed by atoms with Crippen LogP contribution < -0.4 is 5.32 Å². The normalized spacial score (nSPS) is 10.3. The Morgan fingerprint density at radius 3 is 2.82 bits per heavy atom. The summed E-state index contributed by atoms with van der Waals surface area (Å²) in [7, 11) is 0. The number of hydrogen-bond donors (Lipinski definition) is 1. The molecule has 1 heterocycles. The predicted octanol–water partition coefficient (Wildman–Crippen LogP) is 3.31. The molecule has 1 aromatic heterocycles. The number of carbonyl (C=O) groups excluding carboxylic acids is 1. The molecular weight excluding hydrogens is 284 g/mol. The maximum absolute atomic E-state index is 12.0. The Morgan fingerprint density at radius 1 is 1.41 bits per heavy atom. The zero-order valence-electron chi connectivity index (χ0n) is 9.45. The van der Waals surface area contributed by atoms with E-state index < -0.39 is 0 Å². The molecule has 0 radical (unpaired) electrons. The van der Waals surface area contributed by atoms with Crippen molar-refractivity contribution < 1.29 is 9.32 Å². The van der Waals surface area contributed by atoms with Crippen LogP contribution >= 0.6 is 15.9 Å². The lowest BCUT2D eigenvalue weighted by Crippen LogP contribution is -2.13. The van der Waals surface area contributed by atoms with Gasteiger partial charge in [-0.1, -0.05) is 17.3 Å². The van der Waals surface area contributed by atoms with Crippen molar-refractivity contribution in [3.05, 3.63) is 45.6 Å². The summed E-state index contributed by atoms with van der Waals surface area (Å²) < 4.78 is 5.67. The monoisotopic (exact) mass is 294 g/mol. The molecule has 2 aromatic rings. The Labute approximate surface area is 107 Å². The van der Waals surface area contributed by atoms with E-state index in [0.29, 0.717) is 17.1 Å². The van der Waals surface area contributed by atoms with Crippen LogP contribution in [0.15, 0.2) is 33.3 Å². The van der Waals surface area contributed by atoms with Gasteiger partial charge in [-0.3, -0.25) is 4.79 Å². The minimum atomic E-state index is -0.214. The maximum atomic E-state index is 12.0. The van der Waals surface area contributed by atoms with Gasteiger partial charge in [0.15, 0.2) is 5.82 Å². The van der Waals surface area contributed by atoms with E-state index in [2.05, 4.69) is 26.4 Å². The highest BCUT2D eigenvalue weighted by molar-refractivity contribution is 9.10. The van der Waals surface area contributed by atoms with E-state index in [9.17, 15) is 4.79 Å². The van der Waals surface area contributed by atoms with Gasteiger partial charge in [-0.2, -0.15) is 0 Å². The smallest absolute Gasteiger partial charge is 0.258 e. The Morgan fingerprint density at radius 2 is 2.18 bits per heavy atom. The van der Waals surface area contributed by atoms with Crippen LogP contribution in [0.4, 0.5) is 5.82 Å². The van der Waals surface area contributed by atoms with E-state index in [1.54, 1.807) is 19.1 Å². The number of amides is 1. The molecule has 0 aliphatic rings. The van der Waals surface area contributed by atoms with Crippen molar-refractivity contribution in [2.24, 2.45) is 0 Å². The van der Waals surface area contributed by atoms with Gasteiger partial charge in [-0.15, -0.1) is 0 Å². The molecular formula is C12H11BrN2O2. The standard InChI is InChI=1S/C12H11BrN2O2/c1-7-4-3-5-9(11(7)13)12(16)14-10-6-8(2)17-15-10/h3-6H,1-2H3,(H,14,15,16). The summed E-state index contributed by atoms with van der Waals surface area (Å²) >= 11 is 3.39. The van der Waals surface area contributed by atoms with Crippen LogP contribution in [-0.2, 0) is 0 Å². The van der Waals surface area contributed by atoms with Gasteiger partial charge in [0.2, 0.25) is 0 Å². The fourth-order valence-corrected chi connectivity index (χ4v) is 1.88. The van der Waals surface area contributed by atoms with Gasteiger partial charge in [0, 0.05) is 10.5 Å². The van der Waals surface area contributed by atoms with Crippen molar-refractivity contribution in [1.82, 2.24) is 5.16 Å². The highest BCUT2D eigenvalue weighted by Crippen LogP contribution is 2.22. The molecule has 88 valence electrons. The van der Waals surface area contributed by atoms with Crippen LogP contribution in [-0.4, -0.2) is 11.1 Å². The molecule has 1 amide bonds. The zero-order valence-corrected chi connectivity index (χ0v) is 11.0. The first-order valence-electron chi connectivity index (χ1n) is 5.07. The zero-order chi connectivity index (χ0) is 12.4. The van der Waals surface area contributed by atoms with Crippen LogP contribution in [0.5, 0.6) is 0 Å². The van der Waals surface area contributed by atoms with Crippen molar-refractivity contribution >= 4 is 27.7 Å². The molecule has 0 spiro atoms. The number of aryl methyl sites for hydroxylation is 2. The average Bonchev–Trinajstić information content (AvgIpc) is 2.68. The summed E-state index contributed by atoms with van der Waals surface area (Å²) in [5.74, 6) is 0.860. The molecule has 0 saturated carbocycles. The third-order valence-corrected chi connectivity index (χ3v) is 3.36. The fraction of sp³-hybridized carbons (Fsp3) is 0.167. The SMILES string of the molecule is Cc1cc(NC(=O)c2cccc(C)c2Br)no1. The summed E-state index contributed by atoms with van der Waals surface area (Å²) in [6.07, 6.45) is 0. The summed E-state index contributed by atoms with van der Waals surface area (Å²) in [5.41, 5.74) is 1.58. The molecule has 0 bridgehead atoms. The highest BCUT2D eigenvalue weighted by Gasteiger charge is 2.12. The van der Waals surface area contributed by atoms with Crippen LogP contribution in [0.3, 0.4) is 0 Å². The quantitative estimate of drug-likeness (QED) is 0.924. The second-order valence-corrected chi connectivity index (χ2v) is 4.51. The van der Waals surface area contributed by atoms with Crippen molar-refractivity contribution in [1.29, 1.82) is 0 Å². The molecule has 4 nitrogen and oxygen atoms in total. The second kappa shape index (κ2) is 4.71. The van der Waals surface area contributed by atoms with Crippen molar-refractivity contribution in [3.63, 3.8) is 0 Å². The van der Waals surface area contributed by atoms with E-state index in [4.69, 9.17) is 4.52 Å². The Hall–Kier alpha value is -1.62. The largest absolute Gasteiger partial charge is 0.360 e. The molecule has 0 aliphatic carbocycles. The van der Waals surface area contributed by atoms with Crippen LogP contribution in [0, 0.1) is 13.8 Å². The predicted molar refractivity (Wildman–Crippen MR) is 68.1 cm³/mol. The van der Waals surface area contributed by atoms with Gasteiger partial charge < -0.3 is 9.84 Å². The van der Waals surface area contributed by atoms with E-state index >= 15 is 0 Å². The number of nitrogens with zero attached hydrogens (tertiary/aromatic N) is 1. The fourth-order valence-electron chi connectivity index (χ4n) is 1.43. The minimum Gasteiger partial charge on any atom is -0.360 e. The number of hydrogen-bond acceptors (Lipinski definition) is 3. The lowest BCUT2D eigenvalue weighted by atomic mass is 10.1. The number of anilines is 1. The van der Waals surface area contributed by atoms with Gasteiger partial charge in [0.1, 0.15) is 5.76 Å². The van der Waals surface area contributed by atoms with Crippen molar-refractivity contribution in [2.75, 3.05) is 5.32 Å². The molecule has 1 N–H and O–H groups in total. The van der Waals surface area contributed by atoms with Crippen molar-refractivity contribution in [2.45, 2.75) is 13.8 Å². The molecule has 0 unspecified atom stereocenters. The topological polar surface area (TPSA) is 55.1 Å². The second-order valence-electron chi connectivity index (χ2n) is 3.71. The number of halogens is 1. The van der Waals surface area contributed by atoms with Gasteiger partial charge in [-0.25, -0.2) is 0 Å². The minimum absolute atomic E-state index is 0.214. The molecule has 5 heteroatoms. The lowest BCUT2D eigenvalue weighted by molar-refractivity contribution is 0.102.